The molecular weight excluding hydrogens is 548 g/mol. The predicted molar refractivity (Wildman–Crippen MR) is 168 cm³/mol. The molecule has 6 rings (SSSR count). The van der Waals surface area contributed by atoms with Crippen molar-refractivity contribution in [3.63, 3.8) is 0 Å². The van der Waals surface area contributed by atoms with Crippen LogP contribution >= 0.6 is 11.3 Å². The summed E-state index contributed by atoms with van der Waals surface area (Å²) in [6.07, 6.45) is 1.64. The van der Waals surface area contributed by atoms with E-state index in [-0.39, 0.29) is 17.6 Å². The number of likely N-dealkylation sites (N-methyl/N-ethyl adjacent to an activating group) is 1. The van der Waals surface area contributed by atoms with Crippen molar-refractivity contribution in [2.75, 3.05) is 43.4 Å². The van der Waals surface area contributed by atoms with Crippen LogP contribution in [0.15, 0.2) is 77.1 Å². The molecule has 42 heavy (non-hydrogen) atoms. The van der Waals surface area contributed by atoms with Crippen molar-refractivity contribution in [3.05, 3.63) is 99.5 Å². The van der Waals surface area contributed by atoms with Gasteiger partial charge in [0, 0.05) is 71.2 Å². The number of nitrogens with one attached hydrogen (secondary N) is 2. The third-order valence-corrected chi connectivity index (χ3v) is 8.15. The van der Waals surface area contributed by atoms with Gasteiger partial charge in [0.05, 0.1) is 16.3 Å². The van der Waals surface area contributed by atoms with Gasteiger partial charge < -0.3 is 25.2 Å². The number of aromatic hydroxyl groups is 1. The second-order valence-corrected chi connectivity index (χ2v) is 11.4. The van der Waals surface area contributed by atoms with Gasteiger partial charge in [-0.05, 0) is 56.4 Å². The van der Waals surface area contributed by atoms with Gasteiger partial charge in [0.2, 0.25) is 0 Å². The fraction of sp³-hybridized carbons (Fsp3) is 0.188. The number of nitrogens with zero attached hydrogens (tertiary/aromatic N) is 4. The maximum Gasteiger partial charge on any atom is 0.275 e. The Kier molecular flexibility index (Phi) is 7.56. The minimum Gasteiger partial charge on any atom is -0.494 e. The molecule has 0 aliphatic carbocycles. The number of aryl methyl sites for hydroxylation is 1. The Morgan fingerprint density at radius 3 is 2.52 bits per heavy atom. The lowest BCUT2D eigenvalue weighted by Gasteiger charge is -2.34. The number of rotatable bonds is 7. The van der Waals surface area contributed by atoms with Crippen LogP contribution < -0.4 is 10.2 Å². The molecule has 0 bridgehead atoms. The summed E-state index contributed by atoms with van der Waals surface area (Å²) in [5.74, 6) is -0.552. The van der Waals surface area contributed by atoms with Gasteiger partial charge in [-0.1, -0.05) is 24.3 Å². The van der Waals surface area contributed by atoms with Crippen LogP contribution in [0.5, 0.6) is 5.88 Å². The lowest BCUT2D eigenvalue weighted by molar-refractivity contribution is 0.101. The first-order valence-electron chi connectivity index (χ1n) is 13.6. The molecule has 9 nitrogen and oxygen atoms in total. The number of carbonyl (C=O) groups is 2. The number of thiazole rings is 1. The molecule has 1 saturated heterocycles. The van der Waals surface area contributed by atoms with E-state index in [9.17, 15) is 14.7 Å². The topological polar surface area (TPSA) is 114 Å². The van der Waals surface area contributed by atoms with E-state index < -0.39 is 0 Å². The molecule has 10 heteroatoms. The van der Waals surface area contributed by atoms with Crippen LogP contribution in [0.25, 0.3) is 10.9 Å². The third-order valence-electron chi connectivity index (χ3n) is 7.38. The van der Waals surface area contributed by atoms with Crippen molar-refractivity contribution in [1.29, 1.82) is 0 Å². The lowest BCUT2D eigenvalue weighted by Crippen LogP contribution is -2.44. The lowest BCUT2D eigenvalue weighted by atomic mass is 10.0. The molecule has 1 amide bonds. The van der Waals surface area contributed by atoms with Crippen molar-refractivity contribution < 1.29 is 14.7 Å². The largest absolute Gasteiger partial charge is 0.494 e. The second kappa shape index (κ2) is 11.6. The molecule has 1 aliphatic heterocycles. The van der Waals surface area contributed by atoms with Crippen molar-refractivity contribution in [1.82, 2.24) is 14.9 Å². The summed E-state index contributed by atoms with van der Waals surface area (Å²) in [7, 11) is 2.14. The number of hydrogen-bond donors (Lipinski definition) is 3. The minimum absolute atomic E-state index is 0.0191. The number of ketones is 1. The summed E-state index contributed by atoms with van der Waals surface area (Å²) < 4.78 is 0. The van der Waals surface area contributed by atoms with Gasteiger partial charge in [0.1, 0.15) is 5.69 Å². The average Bonchev–Trinajstić information content (AvgIpc) is 3.58. The molecule has 3 aromatic carbocycles. The molecule has 0 radical (unpaired) electrons. The van der Waals surface area contributed by atoms with E-state index in [1.54, 1.807) is 54.1 Å². The number of piperazine rings is 1. The molecule has 0 spiro atoms. The number of aromatic amines is 1. The first kappa shape index (κ1) is 27.4. The van der Waals surface area contributed by atoms with Crippen molar-refractivity contribution >= 4 is 57.2 Å². The zero-order valence-corrected chi connectivity index (χ0v) is 24.1. The number of fused-ring (bicyclic) bond motifs is 1. The molecule has 1 fully saturated rings. The zero-order valence-electron chi connectivity index (χ0n) is 23.3. The molecule has 5 aromatic rings. The number of benzene rings is 3. The number of amides is 1. The summed E-state index contributed by atoms with van der Waals surface area (Å²) in [6, 6.07) is 20.1. The highest BCUT2D eigenvalue weighted by Crippen LogP contribution is 2.29. The summed E-state index contributed by atoms with van der Waals surface area (Å²) in [4.78, 5) is 42.3. The average molecular weight is 579 g/mol. The zero-order chi connectivity index (χ0) is 29.2. The molecule has 3 N–H and O–H groups in total. The molecule has 1 aliphatic rings. The number of H-pyrrole nitrogens is 1. The van der Waals surface area contributed by atoms with E-state index in [1.807, 2.05) is 19.1 Å². The SMILES string of the molecule is Cc1nc(C(=O)Nc2cccc(C(=O)c3ccc4c(C=Nc5ccc(N6CCN(C)CC6)cc5)c(O)[nH]c4c3)c2)cs1. The number of aromatic nitrogens is 2. The van der Waals surface area contributed by atoms with Gasteiger partial charge in [-0.25, -0.2) is 4.98 Å². The molecular formula is C32H30N6O3S. The fourth-order valence-electron chi connectivity index (χ4n) is 5.00. The second-order valence-electron chi connectivity index (χ2n) is 10.3. The first-order chi connectivity index (χ1) is 20.3. The van der Waals surface area contributed by atoms with Crippen molar-refractivity contribution in [2.24, 2.45) is 4.99 Å². The van der Waals surface area contributed by atoms with Crippen LogP contribution in [0.1, 0.15) is 37.0 Å². The number of hydrogen-bond acceptors (Lipinski definition) is 8. The highest BCUT2D eigenvalue weighted by atomic mass is 32.1. The number of anilines is 2. The molecule has 0 atom stereocenters. The molecule has 0 unspecified atom stereocenters. The highest BCUT2D eigenvalue weighted by molar-refractivity contribution is 7.09. The first-order valence-corrected chi connectivity index (χ1v) is 14.5. The smallest absolute Gasteiger partial charge is 0.275 e. The Hall–Kier alpha value is -4.80. The molecule has 3 heterocycles. The Bertz CT molecular complexity index is 1800. The molecule has 212 valence electrons. The normalized spacial score (nSPS) is 14.1. The van der Waals surface area contributed by atoms with E-state index in [2.05, 4.69) is 49.3 Å². The highest BCUT2D eigenvalue weighted by Gasteiger charge is 2.17. The Balaban J connectivity index is 1.17. The summed E-state index contributed by atoms with van der Waals surface area (Å²) in [5.41, 5.74) is 4.85. The predicted octanol–water partition coefficient (Wildman–Crippen LogP) is 5.62. The fourth-order valence-corrected chi connectivity index (χ4v) is 5.59. The summed E-state index contributed by atoms with van der Waals surface area (Å²) in [5, 5.41) is 16.7. The monoisotopic (exact) mass is 578 g/mol. The Labute approximate surface area is 247 Å². The van der Waals surface area contributed by atoms with Gasteiger partial charge in [0.15, 0.2) is 11.7 Å². The minimum atomic E-state index is -0.326. The van der Waals surface area contributed by atoms with E-state index in [0.29, 0.717) is 33.6 Å². The van der Waals surface area contributed by atoms with Crippen LogP contribution in [0.3, 0.4) is 0 Å². The van der Waals surface area contributed by atoms with E-state index in [0.717, 1.165) is 42.3 Å². The van der Waals surface area contributed by atoms with Gasteiger partial charge in [-0.2, -0.15) is 0 Å². The maximum atomic E-state index is 13.3. The summed E-state index contributed by atoms with van der Waals surface area (Å²) >= 11 is 1.40. The Morgan fingerprint density at radius 1 is 1.02 bits per heavy atom. The van der Waals surface area contributed by atoms with Gasteiger partial charge in [0.25, 0.3) is 5.91 Å². The van der Waals surface area contributed by atoms with Crippen molar-refractivity contribution in [2.45, 2.75) is 6.92 Å². The van der Waals surface area contributed by atoms with Crippen LogP contribution in [-0.4, -0.2) is 71.1 Å². The Morgan fingerprint density at radius 2 is 1.79 bits per heavy atom. The van der Waals surface area contributed by atoms with E-state index in [1.165, 1.54) is 17.0 Å². The third kappa shape index (κ3) is 5.81. The van der Waals surface area contributed by atoms with Gasteiger partial charge in [-0.3, -0.25) is 14.6 Å². The number of carbonyl (C=O) groups excluding carboxylic acids is 2. The van der Waals surface area contributed by atoms with Crippen LogP contribution in [-0.2, 0) is 0 Å². The van der Waals surface area contributed by atoms with Crippen LogP contribution in [0.4, 0.5) is 17.1 Å². The van der Waals surface area contributed by atoms with E-state index in [4.69, 9.17) is 0 Å². The maximum absolute atomic E-state index is 13.3. The van der Waals surface area contributed by atoms with E-state index >= 15 is 0 Å². The standard InChI is InChI=1S/C32H30N6O3S/c1-20-34-29(19-42-20)32(41)35-24-5-3-4-21(16-24)30(39)22-6-11-26-27(31(40)36-28(26)17-22)18-33-23-7-9-25(10-8-23)38-14-12-37(2)13-15-38/h3-11,16-19,36,40H,12-15H2,1-2H3,(H,35,41). The van der Waals surface area contributed by atoms with Gasteiger partial charge >= 0.3 is 0 Å². The van der Waals surface area contributed by atoms with Gasteiger partial charge in [-0.15, -0.1) is 11.3 Å². The van der Waals surface area contributed by atoms with Crippen LogP contribution in [0.2, 0.25) is 0 Å². The number of aliphatic imine (C=N–C) groups is 1. The van der Waals surface area contributed by atoms with Crippen molar-refractivity contribution in [3.8, 4) is 5.88 Å². The summed E-state index contributed by atoms with van der Waals surface area (Å²) in [6.45, 7) is 5.94. The quantitative estimate of drug-likeness (QED) is 0.171. The van der Waals surface area contributed by atoms with Crippen LogP contribution in [0, 0.1) is 6.92 Å². The molecule has 0 saturated carbocycles. The molecule has 2 aromatic heterocycles.